The highest BCUT2D eigenvalue weighted by Gasteiger charge is 2.17. The van der Waals surface area contributed by atoms with Crippen LogP contribution < -0.4 is 24.6 Å². The fourth-order valence-electron chi connectivity index (χ4n) is 3.51. The molecule has 0 unspecified atom stereocenters. The van der Waals surface area contributed by atoms with Gasteiger partial charge in [-0.1, -0.05) is 0 Å². The van der Waals surface area contributed by atoms with Crippen molar-refractivity contribution in [1.29, 1.82) is 10.5 Å². The molecule has 0 aliphatic rings. The van der Waals surface area contributed by atoms with E-state index >= 15 is 0 Å². The first-order valence-corrected chi connectivity index (χ1v) is 10.0. The molecule has 4 aromatic rings. The molecule has 0 saturated carbocycles. The van der Waals surface area contributed by atoms with E-state index in [2.05, 4.69) is 0 Å². The largest absolute Gasteiger partial charge is 0.493 e. The van der Waals surface area contributed by atoms with Crippen LogP contribution >= 0.6 is 0 Å². The summed E-state index contributed by atoms with van der Waals surface area (Å²) in [5.74, 6) is 2.04. The van der Waals surface area contributed by atoms with Crippen LogP contribution in [0, 0.1) is 22.7 Å². The van der Waals surface area contributed by atoms with Gasteiger partial charge in [-0.15, -0.1) is 0 Å². The van der Waals surface area contributed by atoms with Crippen LogP contribution in [0.15, 0.2) is 63.8 Å². The molecule has 0 atom stereocenters. The molecule has 1 heterocycles. The molecule has 0 aliphatic carbocycles. The summed E-state index contributed by atoms with van der Waals surface area (Å²) < 4.78 is 27.5. The summed E-state index contributed by atoms with van der Waals surface area (Å²) in [5.41, 5.74) is 1.12. The molecular weight excluding hydrogens is 436 g/mol. The molecule has 168 valence electrons. The molecule has 3 aromatic carbocycles. The Hall–Kier alpha value is -4.95. The molecule has 0 spiro atoms. The van der Waals surface area contributed by atoms with Gasteiger partial charge >= 0.3 is 5.63 Å². The molecule has 1 aromatic heterocycles. The second kappa shape index (κ2) is 9.27. The third-order valence-electron chi connectivity index (χ3n) is 5.15. The number of methoxy groups -OCH3 is 3. The summed E-state index contributed by atoms with van der Waals surface area (Å²) in [4.78, 5) is 12.8. The third-order valence-corrected chi connectivity index (χ3v) is 5.15. The molecule has 0 saturated heterocycles. The van der Waals surface area contributed by atoms with Gasteiger partial charge in [0.15, 0.2) is 11.5 Å². The topological polar surface area (TPSA) is 115 Å². The first-order valence-electron chi connectivity index (χ1n) is 10.0. The van der Waals surface area contributed by atoms with Crippen LogP contribution in [0.1, 0.15) is 11.1 Å². The second-order valence-corrected chi connectivity index (χ2v) is 7.09. The van der Waals surface area contributed by atoms with Gasteiger partial charge in [0.05, 0.1) is 38.0 Å². The highest BCUT2D eigenvalue weighted by Crippen LogP contribution is 2.41. The molecule has 0 amide bonds. The number of hydrogen-bond donors (Lipinski definition) is 0. The molecule has 4 rings (SSSR count). The minimum absolute atomic E-state index is 0.210. The van der Waals surface area contributed by atoms with Crippen LogP contribution in [-0.2, 0) is 0 Å². The standard InChI is InChI=1S/C26H18N2O6/c1-30-23-10-17(11-24(31-2)25(23)32-3)21-9-15-4-6-20(12-22(15)34-26(21)29)33-19-7-5-16(13-27)18(8-19)14-28/h4-12H,1-3H3. The maximum atomic E-state index is 12.8. The van der Waals surface area contributed by atoms with Crippen LogP contribution in [0.5, 0.6) is 28.7 Å². The lowest BCUT2D eigenvalue weighted by molar-refractivity contribution is 0.324. The van der Waals surface area contributed by atoms with Gasteiger partial charge in [-0.2, -0.15) is 10.5 Å². The number of rotatable bonds is 6. The van der Waals surface area contributed by atoms with E-state index in [0.29, 0.717) is 50.8 Å². The quantitative estimate of drug-likeness (QED) is 0.373. The normalized spacial score (nSPS) is 10.3. The van der Waals surface area contributed by atoms with Crippen LogP contribution in [0.3, 0.4) is 0 Å². The van der Waals surface area contributed by atoms with E-state index in [-0.39, 0.29) is 11.1 Å². The zero-order valence-corrected chi connectivity index (χ0v) is 18.5. The van der Waals surface area contributed by atoms with Gasteiger partial charge in [-0.05, 0) is 54.1 Å². The molecule has 34 heavy (non-hydrogen) atoms. The van der Waals surface area contributed by atoms with E-state index in [1.807, 2.05) is 12.1 Å². The highest BCUT2D eigenvalue weighted by molar-refractivity contribution is 5.83. The summed E-state index contributed by atoms with van der Waals surface area (Å²) >= 11 is 0. The summed E-state index contributed by atoms with van der Waals surface area (Å²) in [6.07, 6.45) is 0. The predicted octanol–water partition coefficient (Wildman–Crippen LogP) is 5.02. The minimum atomic E-state index is -0.552. The van der Waals surface area contributed by atoms with E-state index in [9.17, 15) is 10.1 Å². The van der Waals surface area contributed by atoms with Gasteiger partial charge < -0.3 is 23.4 Å². The molecule has 8 nitrogen and oxygen atoms in total. The minimum Gasteiger partial charge on any atom is -0.493 e. The van der Waals surface area contributed by atoms with Crippen LogP contribution in [0.4, 0.5) is 0 Å². The Kier molecular flexibility index (Phi) is 6.07. The molecule has 0 aliphatic heterocycles. The van der Waals surface area contributed by atoms with Crippen LogP contribution in [0.2, 0.25) is 0 Å². The first kappa shape index (κ1) is 22.3. The van der Waals surface area contributed by atoms with Crippen molar-refractivity contribution in [3.63, 3.8) is 0 Å². The van der Waals surface area contributed by atoms with Crippen molar-refractivity contribution >= 4 is 11.0 Å². The predicted molar refractivity (Wildman–Crippen MR) is 124 cm³/mol. The number of nitriles is 2. The third kappa shape index (κ3) is 4.08. The lowest BCUT2D eigenvalue weighted by Crippen LogP contribution is -2.04. The van der Waals surface area contributed by atoms with Crippen molar-refractivity contribution in [3.05, 3.63) is 76.1 Å². The fourth-order valence-corrected chi connectivity index (χ4v) is 3.51. The summed E-state index contributed by atoms with van der Waals surface area (Å²) in [7, 11) is 4.50. The molecular formula is C26H18N2O6. The average Bonchev–Trinajstić information content (AvgIpc) is 2.87. The van der Waals surface area contributed by atoms with Crippen molar-refractivity contribution in [3.8, 4) is 52.0 Å². The maximum Gasteiger partial charge on any atom is 0.344 e. The smallest absolute Gasteiger partial charge is 0.344 e. The van der Waals surface area contributed by atoms with Crippen molar-refractivity contribution in [1.82, 2.24) is 0 Å². The zero-order chi connectivity index (χ0) is 24.2. The molecule has 0 fully saturated rings. The Morgan fingerprint density at radius 2 is 1.41 bits per heavy atom. The Morgan fingerprint density at radius 1 is 0.765 bits per heavy atom. The SMILES string of the molecule is COc1cc(-c2cc3ccc(Oc4ccc(C#N)c(C#N)c4)cc3oc2=O)cc(OC)c1OC. The summed E-state index contributed by atoms with van der Waals surface area (Å²) in [6.45, 7) is 0. The lowest BCUT2D eigenvalue weighted by Gasteiger charge is -2.14. The van der Waals surface area contributed by atoms with Crippen molar-refractivity contribution < 1.29 is 23.4 Å². The van der Waals surface area contributed by atoms with Gasteiger partial charge in [0, 0.05) is 11.5 Å². The average molecular weight is 454 g/mol. The van der Waals surface area contributed by atoms with E-state index < -0.39 is 5.63 Å². The Labute approximate surface area is 194 Å². The first-order chi connectivity index (χ1) is 16.5. The number of benzene rings is 3. The number of fused-ring (bicyclic) bond motifs is 1. The van der Waals surface area contributed by atoms with Gasteiger partial charge in [-0.3, -0.25) is 0 Å². The van der Waals surface area contributed by atoms with Crippen molar-refractivity contribution in [2.24, 2.45) is 0 Å². The highest BCUT2D eigenvalue weighted by atomic mass is 16.5. The molecule has 0 bridgehead atoms. The lowest BCUT2D eigenvalue weighted by atomic mass is 10.0. The van der Waals surface area contributed by atoms with Crippen LogP contribution in [-0.4, -0.2) is 21.3 Å². The molecule has 0 N–H and O–H groups in total. The van der Waals surface area contributed by atoms with E-state index in [1.54, 1.807) is 42.5 Å². The van der Waals surface area contributed by atoms with E-state index in [1.165, 1.54) is 33.5 Å². The van der Waals surface area contributed by atoms with Gasteiger partial charge in [0.2, 0.25) is 5.75 Å². The summed E-state index contributed by atoms with van der Waals surface area (Å²) in [5, 5.41) is 18.9. The molecule has 8 heteroatoms. The Balaban J connectivity index is 1.73. The van der Waals surface area contributed by atoms with E-state index in [0.717, 1.165) is 0 Å². The number of hydrogen-bond acceptors (Lipinski definition) is 8. The second-order valence-electron chi connectivity index (χ2n) is 7.09. The van der Waals surface area contributed by atoms with Crippen molar-refractivity contribution in [2.45, 2.75) is 0 Å². The number of ether oxygens (including phenoxy) is 4. The fraction of sp³-hybridized carbons (Fsp3) is 0.115. The summed E-state index contributed by atoms with van der Waals surface area (Å²) in [6, 6.07) is 18.6. The monoisotopic (exact) mass is 454 g/mol. The van der Waals surface area contributed by atoms with Gasteiger partial charge in [0.1, 0.15) is 29.2 Å². The number of nitrogens with zero attached hydrogens (tertiary/aromatic N) is 2. The van der Waals surface area contributed by atoms with Gasteiger partial charge in [0.25, 0.3) is 0 Å². The van der Waals surface area contributed by atoms with Crippen LogP contribution in [0.25, 0.3) is 22.1 Å². The zero-order valence-electron chi connectivity index (χ0n) is 18.5. The van der Waals surface area contributed by atoms with E-state index in [4.69, 9.17) is 28.6 Å². The maximum absolute atomic E-state index is 12.8. The Morgan fingerprint density at radius 3 is 2.03 bits per heavy atom. The Bertz CT molecular complexity index is 1520. The van der Waals surface area contributed by atoms with Gasteiger partial charge in [-0.25, -0.2) is 4.79 Å². The molecule has 0 radical (unpaired) electrons. The van der Waals surface area contributed by atoms with Crippen molar-refractivity contribution in [2.75, 3.05) is 21.3 Å².